The van der Waals surface area contributed by atoms with Gasteiger partial charge in [0.15, 0.2) is 0 Å². The Labute approximate surface area is 85.2 Å². The first kappa shape index (κ1) is 12.7. The van der Waals surface area contributed by atoms with Crippen LogP contribution in [0, 0.1) is 11.3 Å². The maximum Gasteiger partial charge on any atom is 0.317 e. The van der Waals surface area contributed by atoms with Crippen molar-refractivity contribution in [3.05, 3.63) is 0 Å². The lowest BCUT2D eigenvalue weighted by atomic mass is 10.0. The van der Waals surface area contributed by atoms with Crippen molar-refractivity contribution in [2.24, 2.45) is 11.7 Å². The van der Waals surface area contributed by atoms with E-state index in [0.717, 1.165) is 0 Å². The van der Waals surface area contributed by atoms with E-state index in [1.54, 1.807) is 11.9 Å². The van der Waals surface area contributed by atoms with E-state index in [4.69, 9.17) is 11.1 Å². The Morgan fingerprint density at radius 1 is 1.57 bits per heavy atom. The van der Waals surface area contributed by atoms with E-state index in [-0.39, 0.29) is 23.8 Å². The number of amides is 2. The molecule has 0 fully saturated rings. The third-order valence-electron chi connectivity index (χ3n) is 2.10. The van der Waals surface area contributed by atoms with Gasteiger partial charge in [-0.15, -0.1) is 0 Å². The van der Waals surface area contributed by atoms with Gasteiger partial charge >= 0.3 is 6.03 Å². The fourth-order valence-corrected chi connectivity index (χ4v) is 0.990. The second-order valence-corrected chi connectivity index (χ2v) is 3.64. The molecule has 0 heterocycles. The average Bonchev–Trinajstić information content (AvgIpc) is 2.11. The molecule has 1 atom stereocenters. The van der Waals surface area contributed by atoms with Gasteiger partial charge in [0.2, 0.25) is 0 Å². The topological polar surface area (TPSA) is 82.2 Å². The fraction of sp³-hybridized carbons (Fsp3) is 0.778. The van der Waals surface area contributed by atoms with Gasteiger partial charge in [-0.25, -0.2) is 4.79 Å². The van der Waals surface area contributed by atoms with Crippen molar-refractivity contribution >= 4 is 11.9 Å². The van der Waals surface area contributed by atoms with Gasteiger partial charge in [0.25, 0.3) is 0 Å². The summed E-state index contributed by atoms with van der Waals surface area (Å²) in [6.07, 6.45) is 0. The number of nitrogens with two attached hydrogens (primary N) is 1. The highest BCUT2D eigenvalue weighted by Gasteiger charge is 2.20. The molecule has 5 heteroatoms. The Bertz CT molecular complexity index is 215. The van der Waals surface area contributed by atoms with Crippen LogP contribution in [0.15, 0.2) is 0 Å². The predicted molar refractivity (Wildman–Crippen MR) is 57.4 cm³/mol. The molecule has 0 aromatic rings. The standard InChI is InChI=1S/C9H20N4O/c1-5-13(4)9(14)12-7(6(2)3)8(10)11/h6-7H,5H2,1-4H3,(H3,10,11)(H,12,14). The predicted octanol–water partition coefficient (Wildman–Crippen LogP) is 0.608. The molecule has 5 nitrogen and oxygen atoms in total. The second kappa shape index (κ2) is 5.47. The summed E-state index contributed by atoms with van der Waals surface area (Å²) in [7, 11) is 1.70. The number of hydrogen-bond donors (Lipinski definition) is 3. The summed E-state index contributed by atoms with van der Waals surface area (Å²) in [5, 5.41) is 10.0. The molecule has 0 spiro atoms. The summed E-state index contributed by atoms with van der Waals surface area (Å²) in [5.41, 5.74) is 5.38. The van der Waals surface area contributed by atoms with Crippen molar-refractivity contribution in [3.8, 4) is 0 Å². The smallest absolute Gasteiger partial charge is 0.317 e. The molecule has 1 unspecified atom stereocenters. The third-order valence-corrected chi connectivity index (χ3v) is 2.10. The minimum Gasteiger partial charge on any atom is -0.386 e. The van der Waals surface area contributed by atoms with E-state index in [0.29, 0.717) is 6.54 Å². The van der Waals surface area contributed by atoms with Crippen molar-refractivity contribution < 1.29 is 4.79 Å². The quantitative estimate of drug-likeness (QED) is 0.459. The Morgan fingerprint density at radius 2 is 2.07 bits per heavy atom. The molecule has 4 N–H and O–H groups in total. The number of nitrogens with one attached hydrogen (secondary N) is 2. The van der Waals surface area contributed by atoms with Gasteiger partial charge in [-0.05, 0) is 12.8 Å². The minimum absolute atomic E-state index is 0.00199. The van der Waals surface area contributed by atoms with Crippen LogP contribution in [0.1, 0.15) is 20.8 Å². The summed E-state index contributed by atoms with van der Waals surface area (Å²) in [5.74, 6) is 0.125. The van der Waals surface area contributed by atoms with E-state index < -0.39 is 0 Å². The molecule has 0 rings (SSSR count). The summed E-state index contributed by atoms with van der Waals surface area (Å²) in [6, 6.07) is -0.571. The van der Waals surface area contributed by atoms with Gasteiger partial charge in [0.1, 0.15) is 5.84 Å². The van der Waals surface area contributed by atoms with Crippen LogP contribution in [0.3, 0.4) is 0 Å². The van der Waals surface area contributed by atoms with E-state index in [9.17, 15) is 4.79 Å². The lowest BCUT2D eigenvalue weighted by Gasteiger charge is -2.24. The Morgan fingerprint density at radius 3 is 2.36 bits per heavy atom. The molecule has 82 valence electrons. The monoisotopic (exact) mass is 200 g/mol. The van der Waals surface area contributed by atoms with Crippen molar-refractivity contribution in [2.45, 2.75) is 26.8 Å². The number of amidine groups is 1. The molecular formula is C9H20N4O. The lowest BCUT2D eigenvalue weighted by molar-refractivity contribution is 0.207. The van der Waals surface area contributed by atoms with Crippen LogP contribution < -0.4 is 11.1 Å². The van der Waals surface area contributed by atoms with Crippen molar-refractivity contribution in [1.82, 2.24) is 10.2 Å². The minimum atomic E-state index is -0.378. The number of hydrogen-bond acceptors (Lipinski definition) is 2. The van der Waals surface area contributed by atoms with Gasteiger partial charge in [0, 0.05) is 13.6 Å². The van der Waals surface area contributed by atoms with Crippen molar-refractivity contribution in [3.63, 3.8) is 0 Å². The van der Waals surface area contributed by atoms with Crippen LogP contribution in [0.25, 0.3) is 0 Å². The Balaban J connectivity index is 4.31. The average molecular weight is 200 g/mol. The molecule has 0 aromatic heterocycles. The van der Waals surface area contributed by atoms with Gasteiger partial charge in [0.05, 0.1) is 6.04 Å². The van der Waals surface area contributed by atoms with Crippen LogP contribution in [-0.4, -0.2) is 36.4 Å². The largest absolute Gasteiger partial charge is 0.386 e. The van der Waals surface area contributed by atoms with Gasteiger partial charge < -0.3 is 16.0 Å². The van der Waals surface area contributed by atoms with E-state index in [1.165, 1.54) is 0 Å². The molecule has 0 saturated heterocycles. The summed E-state index contributed by atoms with van der Waals surface area (Å²) in [4.78, 5) is 13.0. The highest BCUT2D eigenvalue weighted by molar-refractivity contribution is 5.87. The third kappa shape index (κ3) is 3.64. The number of nitrogens with zero attached hydrogens (tertiary/aromatic N) is 1. The highest BCUT2D eigenvalue weighted by atomic mass is 16.2. The molecule has 0 aromatic carbocycles. The molecule has 0 aliphatic rings. The normalized spacial score (nSPS) is 12.4. The Hall–Kier alpha value is -1.26. The van der Waals surface area contributed by atoms with Crippen molar-refractivity contribution in [2.75, 3.05) is 13.6 Å². The number of rotatable bonds is 4. The number of carbonyl (C=O) groups is 1. The highest BCUT2D eigenvalue weighted by Crippen LogP contribution is 2.01. The summed E-state index contributed by atoms with van der Waals surface area (Å²) < 4.78 is 0. The van der Waals surface area contributed by atoms with Crippen molar-refractivity contribution in [1.29, 1.82) is 5.41 Å². The van der Waals surface area contributed by atoms with Crippen LogP contribution in [0.5, 0.6) is 0 Å². The molecule has 14 heavy (non-hydrogen) atoms. The molecular weight excluding hydrogens is 180 g/mol. The van der Waals surface area contributed by atoms with Crippen LogP contribution in [0.2, 0.25) is 0 Å². The Kier molecular flexibility index (Phi) is 4.97. The first-order valence-electron chi connectivity index (χ1n) is 4.75. The first-order valence-corrected chi connectivity index (χ1v) is 4.75. The van der Waals surface area contributed by atoms with Gasteiger partial charge in [-0.3, -0.25) is 5.41 Å². The van der Waals surface area contributed by atoms with Gasteiger partial charge in [-0.2, -0.15) is 0 Å². The number of carbonyl (C=O) groups excluding carboxylic acids is 1. The lowest BCUT2D eigenvalue weighted by Crippen LogP contribution is -2.51. The zero-order valence-corrected chi connectivity index (χ0v) is 9.29. The summed E-state index contributed by atoms with van der Waals surface area (Å²) in [6.45, 7) is 6.35. The van der Waals surface area contributed by atoms with Crippen LogP contribution in [-0.2, 0) is 0 Å². The second-order valence-electron chi connectivity index (χ2n) is 3.64. The van der Waals surface area contributed by atoms with Crippen LogP contribution in [0.4, 0.5) is 4.79 Å². The zero-order valence-electron chi connectivity index (χ0n) is 9.29. The maximum absolute atomic E-state index is 11.5. The zero-order chi connectivity index (χ0) is 11.3. The van der Waals surface area contributed by atoms with Crippen LogP contribution >= 0.6 is 0 Å². The maximum atomic E-state index is 11.5. The fourth-order valence-electron chi connectivity index (χ4n) is 0.990. The molecule has 0 radical (unpaired) electrons. The molecule has 2 amide bonds. The first-order chi connectivity index (χ1) is 6.40. The molecule has 0 aliphatic heterocycles. The summed E-state index contributed by atoms with van der Waals surface area (Å²) >= 11 is 0. The molecule has 0 bridgehead atoms. The van der Waals surface area contributed by atoms with E-state index in [2.05, 4.69) is 5.32 Å². The molecule has 0 aliphatic carbocycles. The SMILES string of the molecule is CCN(C)C(=O)NC(C(=N)N)C(C)C. The molecule has 0 saturated carbocycles. The van der Waals surface area contributed by atoms with E-state index >= 15 is 0 Å². The van der Waals surface area contributed by atoms with E-state index in [1.807, 2.05) is 20.8 Å². The number of urea groups is 1. The van der Waals surface area contributed by atoms with Gasteiger partial charge in [-0.1, -0.05) is 13.8 Å².